The zero-order valence-electron chi connectivity index (χ0n) is 12.7. The van der Waals surface area contributed by atoms with Gasteiger partial charge in [0.25, 0.3) is 0 Å². The number of aryl methyl sites for hydroxylation is 2. The summed E-state index contributed by atoms with van der Waals surface area (Å²) < 4.78 is 0. The molecule has 0 heterocycles. The van der Waals surface area contributed by atoms with Gasteiger partial charge in [-0.3, -0.25) is 4.79 Å². The fraction of sp³-hybridized carbons (Fsp3) is 0.562. The molecule has 3 N–H and O–H groups in total. The summed E-state index contributed by atoms with van der Waals surface area (Å²) >= 11 is 0. The Morgan fingerprint density at radius 3 is 2.47 bits per heavy atom. The summed E-state index contributed by atoms with van der Waals surface area (Å²) in [4.78, 5) is 11.8. The summed E-state index contributed by atoms with van der Waals surface area (Å²) in [7, 11) is 0. The number of amides is 1. The maximum absolute atomic E-state index is 11.8. The Hall–Kier alpha value is -1.35. The number of rotatable bonds is 5. The van der Waals surface area contributed by atoms with E-state index in [0.29, 0.717) is 13.1 Å². The fourth-order valence-corrected chi connectivity index (χ4v) is 1.85. The second-order valence-electron chi connectivity index (χ2n) is 6.04. The Balaban J connectivity index is 2.75. The van der Waals surface area contributed by atoms with Gasteiger partial charge in [-0.25, -0.2) is 0 Å². The lowest BCUT2D eigenvalue weighted by atomic mass is 9.83. The smallest absolute Gasteiger partial charge is 0.224 e. The molecule has 0 saturated carbocycles. The average Bonchev–Trinajstić information content (AvgIpc) is 2.38. The van der Waals surface area contributed by atoms with Gasteiger partial charge in [0.15, 0.2) is 0 Å². The van der Waals surface area contributed by atoms with E-state index in [9.17, 15) is 4.79 Å². The molecule has 0 spiro atoms. The van der Waals surface area contributed by atoms with Crippen LogP contribution in [0.2, 0.25) is 0 Å². The molecule has 3 heteroatoms. The molecule has 1 unspecified atom stereocenters. The van der Waals surface area contributed by atoms with Crippen molar-refractivity contribution in [3.8, 4) is 0 Å². The van der Waals surface area contributed by atoms with Crippen molar-refractivity contribution in [3.05, 3.63) is 34.9 Å². The first-order chi connectivity index (χ1) is 8.77. The zero-order chi connectivity index (χ0) is 14.6. The van der Waals surface area contributed by atoms with Crippen LogP contribution in [0.3, 0.4) is 0 Å². The first-order valence-corrected chi connectivity index (χ1v) is 6.83. The van der Waals surface area contributed by atoms with E-state index in [1.807, 2.05) is 6.92 Å². The van der Waals surface area contributed by atoms with Gasteiger partial charge in [0.05, 0.1) is 0 Å². The van der Waals surface area contributed by atoms with Crippen molar-refractivity contribution >= 4 is 5.91 Å². The third-order valence-electron chi connectivity index (χ3n) is 3.79. The normalized spacial score (nSPS) is 13.2. The van der Waals surface area contributed by atoms with Crippen molar-refractivity contribution in [2.75, 3.05) is 13.1 Å². The highest BCUT2D eigenvalue weighted by molar-refractivity contribution is 5.78. The van der Waals surface area contributed by atoms with E-state index < -0.39 is 0 Å². The quantitative estimate of drug-likeness (QED) is 0.855. The van der Waals surface area contributed by atoms with Crippen LogP contribution in [-0.4, -0.2) is 19.0 Å². The molecule has 1 atom stereocenters. The van der Waals surface area contributed by atoms with Crippen LogP contribution >= 0.6 is 0 Å². The molecule has 0 radical (unpaired) electrons. The maximum atomic E-state index is 11.8. The van der Waals surface area contributed by atoms with E-state index in [2.05, 4.69) is 51.2 Å². The number of carbonyl (C=O) groups is 1. The number of hydrogen-bond donors (Lipinski definition) is 2. The van der Waals surface area contributed by atoms with Crippen LogP contribution in [0.4, 0.5) is 0 Å². The molecule has 3 nitrogen and oxygen atoms in total. The average molecular weight is 262 g/mol. The largest absolute Gasteiger partial charge is 0.355 e. The molecular weight excluding hydrogens is 236 g/mol. The van der Waals surface area contributed by atoms with Gasteiger partial charge in [-0.05, 0) is 30.5 Å². The van der Waals surface area contributed by atoms with E-state index in [1.165, 1.54) is 16.7 Å². The highest BCUT2D eigenvalue weighted by Gasteiger charge is 2.22. The molecule has 0 aliphatic heterocycles. The van der Waals surface area contributed by atoms with Crippen molar-refractivity contribution in [2.45, 2.75) is 40.0 Å². The Kier molecular flexibility index (Phi) is 5.12. The summed E-state index contributed by atoms with van der Waals surface area (Å²) in [5, 5.41) is 2.99. The van der Waals surface area contributed by atoms with Crippen molar-refractivity contribution in [1.29, 1.82) is 0 Å². The Morgan fingerprint density at radius 1 is 1.32 bits per heavy atom. The molecule has 0 fully saturated rings. The molecule has 0 bridgehead atoms. The number of benzene rings is 1. The molecule has 0 saturated heterocycles. The Morgan fingerprint density at radius 2 is 1.95 bits per heavy atom. The highest BCUT2D eigenvalue weighted by atomic mass is 16.1. The molecule has 1 aromatic carbocycles. The minimum atomic E-state index is -0.129. The lowest BCUT2D eigenvalue weighted by Gasteiger charge is -2.27. The van der Waals surface area contributed by atoms with Crippen LogP contribution in [0.5, 0.6) is 0 Å². The molecule has 1 aromatic rings. The first kappa shape index (κ1) is 15.7. The van der Waals surface area contributed by atoms with Gasteiger partial charge in [0.2, 0.25) is 5.91 Å². The molecule has 0 aliphatic rings. The number of nitrogens with one attached hydrogen (secondary N) is 1. The van der Waals surface area contributed by atoms with Crippen molar-refractivity contribution in [2.24, 2.45) is 11.7 Å². The number of hydrogen-bond acceptors (Lipinski definition) is 2. The van der Waals surface area contributed by atoms with Gasteiger partial charge >= 0.3 is 0 Å². The number of carbonyl (C=O) groups excluding carboxylic acids is 1. The van der Waals surface area contributed by atoms with Gasteiger partial charge in [-0.1, -0.05) is 39.0 Å². The molecule has 106 valence electrons. The predicted octanol–water partition coefficient (Wildman–Crippen LogP) is 2.29. The summed E-state index contributed by atoms with van der Waals surface area (Å²) in [5.41, 5.74) is 9.24. The standard InChI is InChI=1S/C16H26N2O/c1-11-6-7-14(8-12(11)2)16(4,5)10-18-15(19)13(3)9-17/h6-8,13H,9-10,17H2,1-5H3,(H,18,19). The van der Waals surface area contributed by atoms with E-state index in [1.54, 1.807) is 0 Å². The fourth-order valence-electron chi connectivity index (χ4n) is 1.85. The summed E-state index contributed by atoms with van der Waals surface area (Å²) in [6, 6.07) is 6.48. The van der Waals surface area contributed by atoms with Crippen molar-refractivity contribution < 1.29 is 4.79 Å². The van der Waals surface area contributed by atoms with E-state index in [4.69, 9.17) is 5.73 Å². The van der Waals surface area contributed by atoms with Gasteiger partial charge in [-0.15, -0.1) is 0 Å². The topological polar surface area (TPSA) is 55.1 Å². The van der Waals surface area contributed by atoms with Crippen LogP contribution in [-0.2, 0) is 10.2 Å². The number of nitrogens with two attached hydrogens (primary N) is 1. The van der Waals surface area contributed by atoms with Gasteiger partial charge in [0.1, 0.15) is 0 Å². The lowest BCUT2D eigenvalue weighted by molar-refractivity contribution is -0.124. The van der Waals surface area contributed by atoms with Gasteiger partial charge in [-0.2, -0.15) is 0 Å². The summed E-state index contributed by atoms with van der Waals surface area (Å²) in [6.07, 6.45) is 0. The second kappa shape index (κ2) is 6.20. The molecule has 0 aliphatic carbocycles. The van der Waals surface area contributed by atoms with Gasteiger partial charge < -0.3 is 11.1 Å². The van der Waals surface area contributed by atoms with Crippen LogP contribution in [0, 0.1) is 19.8 Å². The first-order valence-electron chi connectivity index (χ1n) is 6.83. The van der Waals surface area contributed by atoms with Crippen LogP contribution in [0.1, 0.15) is 37.5 Å². The Bertz CT molecular complexity index is 452. The van der Waals surface area contributed by atoms with Crippen molar-refractivity contribution in [3.63, 3.8) is 0 Å². The minimum absolute atomic E-state index is 0.0272. The van der Waals surface area contributed by atoms with E-state index >= 15 is 0 Å². The SMILES string of the molecule is Cc1ccc(C(C)(C)CNC(=O)C(C)CN)cc1C. The molecule has 19 heavy (non-hydrogen) atoms. The lowest BCUT2D eigenvalue weighted by Crippen LogP contribution is -2.40. The van der Waals surface area contributed by atoms with Gasteiger partial charge in [0, 0.05) is 24.4 Å². The van der Waals surface area contributed by atoms with Crippen LogP contribution in [0.25, 0.3) is 0 Å². The maximum Gasteiger partial charge on any atom is 0.224 e. The van der Waals surface area contributed by atoms with E-state index in [-0.39, 0.29) is 17.2 Å². The molecular formula is C16H26N2O. The Labute approximate surface area is 116 Å². The summed E-state index contributed by atoms with van der Waals surface area (Å²) in [5.74, 6) is -0.102. The monoisotopic (exact) mass is 262 g/mol. The second-order valence-corrected chi connectivity index (χ2v) is 6.04. The zero-order valence-corrected chi connectivity index (χ0v) is 12.7. The highest BCUT2D eigenvalue weighted by Crippen LogP contribution is 2.24. The third kappa shape index (κ3) is 4.06. The van der Waals surface area contributed by atoms with Crippen molar-refractivity contribution in [1.82, 2.24) is 5.32 Å². The summed E-state index contributed by atoms with van der Waals surface area (Å²) in [6.45, 7) is 11.4. The molecule has 1 amide bonds. The van der Waals surface area contributed by atoms with Crippen LogP contribution < -0.4 is 11.1 Å². The van der Waals surface area contributed by atoms with E-state index in [0.717, 1.165) is 0 Å². The van der Waals surface area contributed by atoms with Crippen LogP contribution in [0.15, 0.2) is 18.2 Å². The molecule has 1 rings (SSSR count). The molecule has 0 aromatic heterocycles. The minimum Gasteiger partial charge on any atom is -0.355 e. The third-order valence-corrected chi connectivity index (χ3v) is 3.79. The predicted molar refractivity (Wildman–Crippen MR) is 80.2 cm³/mol.